The zero-order valence-corrected chi connectivity index (χ0v) is 18.1. The van der Waals surface area contributed by atoms with E-state index in [0.29, 0.717) is 6.42 Å². The van der Waals surface area contributed by atoms with E-state index < -0.39 is 34.0 Å². The highest BCUT2D eigenvalue weighted by atomic mass is 32.2. The molecule has 3 amide bonds. The van der Waals surface area contributed by atoms with Crippen LogP contribution in [-0.4, -0.2) is 39.5 Å². The van der Waals surface area contributed by atoms with Crippen LogP contribution in [0.25, 0.3) is 0 Å². The van der Waals surface area contributed by atoms with E-state index in [1.54, 1.807) is 12.1 Å². The van der Waals surface area contributed by atoms with E-state index in [9.17, 15) is 22.8 Å². The number of rotatable bonds is 9. The minimum absolute atomic E-state index is 0.00402. The Morgan fingerprint density at radius 2 is 1.61 bits per heavy atom. The third kappa shape index (κ3) is 7.83. The molecule has 2 rings (SSSR count). The largest absolute Gasteiger partial charge is 0.453 e. The second-order valence-electron chi connectivity index (χ2n) is 6.64. The molecule has 31 heavy (non-hydrogen) atoms. The fraction of sp³-hybridized carbons (Fsp3) is 0.286. The number of hydrogen-bond donors (Lipinski definition) is 3. The van der Waals surface area contributed by atoms with Gasteiger partial charge in [0.25, 0.3) is 5.91 Å². The van der Waals surface area contributed by atoms with Crippen LogP contribution < -0.4 is 15.4 Å². The van der Waals surface area contributed by atoms with Gasteiger partial charge in [0, 0.05) is 13.0 Å². The van der Waals surface area contributed by atoms with Crippen molar-refractivity contribution in [2.24, 2.45) is 0 Å². The van der Waals surface area contributed by atoms with Crippen molar-refractivity contribution in [3.05, 3.63) is 65.7 Å². The molecule has 2 aromatic rings. The molecule has 0 aliphatic carbocycles. The summed E-state index contributed by atoms with van der Waals surface area (Å²) in [5.41, 5.74) is 1.62. The fourth-order valence-corrected chi connectivity index (χ4v) is 3.28. The summed E-state index contributed by atoms with van der Waals surface area (Å²) < 4.78 is 30.7. The summed E-state index contributed by atoms with van der Waals surface area (Å²) in [6, 6.07) is 14.6. The highest BCUT2D eigenvalue weighted by Crippen LogP contribution is 2.12. The molecule has 3 N–H and O–H groups in total. The lowest BCUT2D eigenvalue weighted by molar-refractivity contribution is -0.154. The Labute approximate surface area is 181 Å². The first-order chi connectivity index (χ1) is 14.7. The van der Waals surface area contributed by atoms with Gasteiger partial charge in [-0.25, -0.2) is 17.9 Å². The maximum absolute atomic E-state index is 12.0. The molecule has 0 bridgehead atoms. The SMILES string of the molecule is CNS(=O)(=O)c1ccc(CCC(=O)OC(C)C(=O)NC(=O)NCc2ccccc2)cc1. The van der Waals surface area contributed by atoms with E-state index in [2.05, 4.69) is 15.4 Å². The van der Waals surface area contributed by atoms with E-state index in [1.807, 2.05) is 30.3 Å². The Kier molecular flexibility index (Phi) is 8.71. The van der Waals surface area contributed by atoms with Crippen molar-refractivity contribution in [3.63, 3.8) is 0 Å². The minimum atomic E-state index is -3.52. The number of ether oxygens (including phenoxy) is 1. The second kappa shape index (κ2) is 11.2. The number of esters is 1. The van der Waals surface area contributed by atoms with Gasteiger partial charge in [-0.2, -0.15) is 0 Å². The van der Waals surface area contributed by atoms with Crippen molar-refractivity contribution < 1.29 is 27.5 Å². The van der Waals surface area contributed by atoms with E-state index in [0.717, 1.165) is 11.1 Å². The van der Waals surface area contributed by atoms with Gasteiger partial charge in [-0.15, -0.1) is 0 Å². The van der Waals surface area contributed by atoms with Gasteiger partial charge in [0.05, 0.1) is 4.90 Å². The molecule has 0 radical (unpaired) electrons. The van der Waals surface area contributed by atoms with Gasteiger partial charge < -0.3 is 10.1 Å². The first-order valence-electron chi connectivity index (χ1n) is 9.56. The molecule has 0 heterocycles. The predicted molar refractivity (Wildman–Crippen MR) is 113 cm³/mol. The molecule has 0 fully saturated rings. The molecule has 0 saturated carbocycles. The van der Waals surface area contributed by atoms with Crippen LogP contribution in [0.3, 0.4) is 0 Å². The van der Waals surface area contributed by atoms with Gasteiger partial charge in [0.2, 0.25) is 10.0 Å². The van der Waals surface area contributed by atoms with Gasteiger partial charge in [0.1, 0.15) is 0 Å². The number of nitrogens with one attached hydrogen (secondary N) is 3. The van der Waals surface area contributed by atoms with E-state index in [1.165, 1.54) is 26.1 Å². The van der Waals surface area contributed by atoms with E-state index >= 15 is 0 Å². The number of hydrogen-bond acceptors (Lipinski definition) is 6. The number of amides is 3. The lowest BCUT2D eigenvalue weighted by atomic mass is 10.1. The van der Waals surface area contributed by atoms with Crippen LogP contribution in [0, 0.1) is 0 Å². The average Bonchev–Trinajstić information content (AvgIpc) is 2.77. The second-order valence-corrected chi connectivity index (χ2v) is 8.53. The number of imide groups is 1. The van der Waals surface area contributed by atoms with Crippen LogP contribution in [-0.2, 0) is 37.3 Å². The third-order valence-corrected chi connectivity index (χ3v) is 5.76. The minimum Gasteiger partial charge on any atom is -0.453 e. The first-order valence-corrected chi connectivity index (χ1v) is 11.0. The van der Waals surface area contributed by atoms with Gasteiger partial charge in [0.15, 0.2) is 6.10 Å². The van der Waals surface area contributed by atoms with Crippen molar-refractivity contribution in [2.75, 3.05) is 7.05 Å². The summed E-state index contributed by atoms with van der Waals surface area (Å²) in [6.07, 6.45) is -0.835. The fourth-order valence-electron chi connectivity index (χ4n) is 2.55. The number of aryl methyl sites for hydroxylation is 1. The van der Waals surface area contributed by atoms with Crippen molar-refractivity contribution >= 4 is 27.9 Å². The molecule has 0 spiro atoms. The van der Waals surface area contributed by atoms with Crippen LogP contribution >= 0.6 is 0 Å². The third-order valence-electron chi connectivity index (χ3n) is 4.33. The summed E-state index contributed by atoms with van der Waals surface area (Å²) in [6.45, 7) is 1.62. The van der Waals surface area contributed by atoms with Crippen molar-refractivity contribution in [1.82, 2.24) is 15.4 Å². The maximum atomic E-state index is 12.0. The normalized spacial score (nSPS) is 11.9. The van der Waals surface area contributed by atoms with Crippen LogP contribution in [0.5, 0.6) is 0 Å². The number of benzene rings is 2. The Morgan fingerprint density at radius 3 is 2.23 bits per heavy atom. The molecule has 0 aliphatic rings. The van der Waals surface area contributed by atoms with Gasteiger partial charge >= 0.3 is 12.0 Å². The number of urea groups is 1. The Morgan fingerprint density at radius 1 is 0.968 bits per heavy atom. The first kappa shape index (κ1) is 24.0. The molecule has 10 heteroatoms. The topological polar surface area (TPSA) is 131 Å². The Balaban J connectivity index is 1.74. The molecular formula is C21H25N3O6S. The summed E-state index contributed by atoms with van der Waals surface area (Å²) in [5, 5.41) is 4.67. The number of carbonyl (C=O) groups excluding carboxylic acids is 3. The monoisotopic (exact) mass is 447 g/mol. The van der Waals surface area contributed by atoms with E-state index in [-0.39, 0.29) is 17.9 Å². The summed E-state index contributed by atoms with van der Waals surface area (Å²) in [4.78, 5) is 36.0. The smallest absolute Gasteiger partial charge is 0.321 e. The summed E-state index contributed by atoms with van der Waals surface area (Å²) in [7, 11) is -2.20. The molecular weight excluding hydrogens is 422 g/mol. The highest BCUT2D eigenvalue weighted by molar-refractivity contribution is 7.89. The van der Waals surface area contributed by atoms with Gasteiger partial charge in [-0.05, 0) is 43.7 Å². The molecule has 9 nitrogen and oxygen atoms in total. The van der Waals surface area contributed by atoms with Gasteiger partial charge in [-0.1, -0.05) is 42.5 Å². The molecule has 0 aromatic heterocycles. The van der Waals surface area contributed by atoms with Crippen molar-refractivity contribution in [2.45, 2.75) is 37.3 Å². The zero-order valence-electron chi connectivity index (χ0n) is 17.3. The van der Waals surface area contributed by atoms with Crippen LogP contribution in [0.15, 0.2) is 59.5 Å². The Bertz CT molecular complexity index is 1010. The van der Waals surface area contributed by atoms with Crippen LogP contribution in [0.4, 0.5) is 4.79 Å². The number of sulfonamides is 1. The van der Waals surface area contributed by atoms with Crippen LogP contribution in [0.1, 0.15) is 24.5 Å². The lowest BCUT2D eigenvalue weighted by Crippen LogP contribution is -2.44. The van der Waals surface area contributed by atoms with Gasteiger partial charge in [-0.3, -0.25) is 14.9 Å². The predicted octanol–water partition coefficient (Wildman–Crippen LogP) is 1.49. The molecule has 0 saturated heterocycles. The van der Waals surface area contributed by atoms with Crippen molar-refractivity contribution in [3.8, 4) is 0 Å². The van der Waals surface area contributed by atoms with Crippen LogP contribution in [0.2, 0.25) is 0 Å². The lowest BCUT2D eigenvalue weighted by Gasteiger charge is -2.13. The zero-order chi connectivity index (χ0) is 22.9. The quantitative estimate of drug-likeness (QED) is 0.499. The molecule has 166 valence electrons. The molecule has 1 atom stereocenters. The summed E-state index contributed by atoms with van der Waals surface area (Å²) in [5.74, 6) is -1.35. The molecule has 2 aromatic carbocycles. The standard InChI is InChI=1S/C21H25N3O6S/c1-15(20(26)24-21(27)23-14-17-6-4-3-5-7-17)30-19(25)13-10-16-8-11-18(12-9-16)31(28,29)22-2/h3-9,11-12,15,22H,10,13-14H2,1-2H3,(H2,23,24,26,27). The van der Waals surface area contributed by atoms with E-state index in [4.69, 9.17) is 4.74 Å². The van der Waals surface area contributed by atoms with Crippen molar-refractivity contribution in [1.29, 1.82) is 0 Å². The molecule has 1 unspecified atom stereocenters. The summed E-state index contributed by atoms with van der Waals surface area (Å²) >= 11 is 0. The number of carbonyl (C=O) groups is 3. The molecule has 0 aliphatic heterocycles. The highest BCUT2D eigenvalue weighted by Gasteiger charge is 2.20. The maximum Gasteiger partial charge on any atom is 0.321 e. The Hall–Kier alpha value is -3.24. The average molecular weight is 448 g/mol.